The van der Waals surface area contributed by atoms with E-state index in [2.05, 4.69) is 81.1 Å². The summed E-state index contributed by atoms with van der Waals surface area (Å²) in [4.78, 5) is 9.08. The Morgan fingerprint density at radius 3 is 2.30 bits per heavy atom. The first-order chi connectivity index (χ1) is 22.0. The molecule has 0 N–H and O–H groups in total. The van der Waals surface area contributed by atoms with Gasteiger partial charge in [0.2, 0.25) is 0 Å². The molecule has 0 spiro atoms. The lowest BCUT2D eigenvalue weighted by Crippen LogP contribution is -3.00. The SMILES string of the molecule is CCN1/C(=C\C=C\c2n(-c3ccccc3)c3cc(Cl)c(Cl)cc3[n+]2CC)N(CC)c2cc(Oc3nc4ccccc4o3)ccc21.[I-]. The number of aryl methyl sites for hydroxylation is 1. The Labute approximate surface area is 294 Å². The molecule has 7 nitrogen and oxygen atoms in total. The predicted molar refractivity (Wildman–Crippen MR) is 183 cm³/mol. The van der Waals surface area contributed by atoms with Gasteiger partial charge in [0.05, 0.1) is 28.0 Å². The summed E-state index contributed by atoms with van der Waals surface area (Å²) >= 11 is 13.0. The van der Waals surface area contributed by atoms with Crippen LogP contribution in [0.5, 0.6) is 11.8 Å². The zero-order valence-electron chi connectivity index (χ0n) is 25.6. The van der Waals surface area contributed by atoms with Crippen molar-refractivity contribution in [2.24, 2.45) is 0 Å². The molecule has 0 aliphatic carbocycles. The topological polar surface area (TPSA) is 50.6 Å². The fourth-order valence-electron chi connectivity index (χ4n) is 6.10. The van der Waals surface area contributed by atoms with Crippen LogP contribution < -0.4 is 43.1 Å². The Morgan fingerprint density at radius 2 is 1.57 bits per heavy atom. The average Bonchev–Trinajstić information content (AvgIpc) is 3.70. The van der Waals surface area contributed by atoms with Crippen LogP contribution in [-0.2, 0) is 6.54 Å². The third-order valence-corrected chi connectivity index (χ3v) is 8.79. The van der Waals surface area contributed by atoms with Crippen molar-refractivity contribution in [1.82, 2.24) is 9.55 Å². The summed E-state index contributed by atoms with van der Waals surface area (Å²) in [6, 6.07) is 27.9. The Hall–Kier alpha value is -3.99. The van der Waals surface area contributed by atoms with E-state index in [4.69, 9.17) is 32.4 Å². The van der Waals surface area contributed by atoms with Crippen LogP contribution >= 0.6 is 23.2 Å². The molecule has 0 amide bonds. The van der Waals surface area contributed by atoms with E-state index >= 15 is 0 Å². The maximum atomic E-state index is 6.51. The van der Waals surface area contributed by atoms with Crippen molar-refractivity contribution in [1.29, 1.82) is 0 Å². The lowest BCUT2D eigenvalue weighted by Gasteiger charge is -2.23. The fourth-order valence-corrected chi connectivity index (χ4v) is 6.41. The van der Waals surface area contributed by atoms with Gasteiger partial charge < -0.3 is 42.9 Å². The van der Waals surface area contributed by atoms with E-state index in [9.17, 15) is 0 Å². The zero-order valence-corrected chi connectivity index (χ0v) is 29.3. The number of benzene rings is 4. The standard InChI is InChI=1S/C36H32Cl2N5O2.HI/c1-4-40-29-20-19-25(44-36-39-28-15-10-11-16-33(28)45-36)21-30(29)41(5-2)34(40)17-12-18-35-42(6-3)31-22-26(37)27(38)23-32(31)43(35)24-13-8-7-9-14-24;/h7-23H,4-6H2,1-3H3;1H/q+1;/p-1. The van der Waals surface area contributed by atoms with Crippen LogP contribution in [0.25, 0.3) is 33.9 Å². The largest absolute Gasteiger partial charge is 1.00 e. The van der Waals surface area contributed by atoms with Crippen LogP contribution in [0.1, 0.15) is 26.6 Å². The maximum Gasteiger partial charge on any atom is 0.400 e. The molecule has 0 unspecified atom stereocenters. The molecule has 10 heteroatoms. The molecule has 234 valence electrons. The highest BCUT2D eigenvalue weighted by atomic mass is 127. The Morgan fingerprint density at radius 1 is 0.848 bits per heavy atom. The highest BCUT2D eigenvalue weighted by Gasteiger charge is 2.30. The van der Waals surface area contributed by atoms with Crippen molar-refractivity contribution >= 4 is 62.8 Å². The van der Waals surface area contributed by atoms with Crippen LogP contribution in [0.2, 0.25) is 10.0 Å². The third-order valence-electron chi connectivity index (χ3n) is 8.07. The van der Waals surface area contributed by atoms with Crippen LogP contribution in [-0.4, -0.2) is 22.6 Å². The first-order valence-electron chi connectivity index (χ1n) is 15.1. The molecule has 7 rings (SSSR count). The van der Waals surface area contributed by atoms with Gasteiger partial charge in [-0.15, -0.1) is 0 Å². The van der Waals surface area contributed by atoms with Gasteiger partial charge >= 0.3 is 6.08 Å². The zero-order chi connectivity index (χ0) is 31.1. The van der Waals surface area contributed by atoms with Gasteiger partial charge in [-0.1, -0.05) is 59.6 Å². The molecule has 6 aromatic rings. The molecular formula is C36H32Cl2IN5O2. The van der Waals surface area contributed by atoms with E-state index in [1.165, 1.54) is 0 Å². The number of imidazole rings is 1. The molecule has 2 aromatic heterocycles. The van der Waals surface area contributed by atoms with Gasteiger partial charge in [0.15, 0.2) is 16.6 Å². The summed E-state index contributed by atoms with van der Waals surface area (Å²) in [5.74, 6) is 2.77. The second-order valence-corrected chi connectivity index (χ2v) is 11.4. The summed E-state index contributed by atoms with van der Waals surface area (Å²) in [5, 5.41) is 1.06. The Bertz CT molecular complexity index is 2070. The van der Waals surface area contributed by atoms with Crippen molar-refractivity contribution < 1.29 is 37.7 Å². The molecule has 0 atom stereocenters. The quantitative estimate of drug-likeness (QED) is 0.133. The summed E-state index contributed by atoms with van der Waals surface area (Å²) in [7, 11) is 0. The molecule has 0 bridgehead atoms. The predicted octanol–water partition coefficient (Wildman–Crippen LogP) is 6.40. The van der Waals surface area contributed by atoms with Crippen molar-refractivity contribution in [3.63, 3.8) is 0 Å². The molecule has 0 radical (unpaired) electrons. The van der Waals surface area contributed by atoms with Crippen LogP contribution in [0, 0.1) is 0 Å². The number of hydrogen-bond donors (Lipinski definition) is 0. The lowest BCUT2D eigenvalue weighted by molar-refractivity contribution is -0.670. The number of hydrogen-bond acceptors (Lipinski definition) is 5. The van der Waals surface area contributed by atoms with Gasteiger partial charge in [-0.3, -0.25) is 0 Å². The summed E-state index contributed by atoms with van der Waals surface area (Å²) < 4.78 is 16.4. The number of ether oxygens (including phenoxy) is 1. The van der Waals surface area contributed by atoms with Crippen molar-refractivity contribution in [3.05, 3.63) is 119 Å². The number of halogens is 3. The minimum absolute atomic E-state index is 0. The first-order valence-corrected chi connectivity index (χ1v) is 15.9. The molecule has 0 saturated heterocycles. The lowest BCUT2D eigenvalue weighted by atomic mass is 10.2. The summed E-state index contributed by atoms with van der Waals surface area (Å²) in [6.45, 7) is 8.81. The molecule has 1 aliphatic heterocycles. The Kier molecular flexibility index (Phi) is 9.31. The highest BCUT2D eigenvalue weighted by Crippen LogP contribution is 2.44. The van der Waals surface area contributed by atoms with Crippen molar-refractivity contribution in [2.45, 2.75) is 27.3 Å². The number of oxazole rings is 1. The molecule has 0 saturated carbocycles. The number of aromatic nitrogens is 3. The molecule has 4 aromatic carbocycles. The van der Waals surface area contributed by atoms with E-state index in [1.807, 2.05) is 66.7 Å². The van der Waals surface area contributed by atoms with Gasteiger partial charge in [-0.05, 0) is 63.2 Å². The summed E-state index contributed by atoms with van der Waals surface area (Å²) in [5.41, 5.74) is 6.71. The smallest absolute Gasteiger partial charge is 0.400 e. The highest BCUT2D eigenvalue weighted by molar-refractivity contribution is 6.42. The van der Waals surface area contributed by atoms with E-state index in [0.29, 0.717) is 21.4 Å². The van der Waals surface area contributed by atoms with E-state index in [1.54, 1.807) is 0 Å². The van der Waals surface area contributed by atoms with Gasteiger partial charge in [0.1, 0.15) is 22.8 Å². The number of para-hydroxylation sites is 3. The van der Waals surface area contributed by atoms with Crippen molar-refractivity contribution in [2.75, 3.05) is 22.9 Å². The minimum atomic E-state index is 0. The minimum Gasteiger partial charge on any atom is -1.00 e. The maximum absolute atomic E-state index is 6.51. The number of fused-ring (bicyclic) bond motifs is 3. The fraction of sp³-hybridized carbons (Fsp3) is 0.167. The monoisotopic (exact) mass is 763 g/mol. The number of allylic oxidation sites excluding steroid dienone is 2. The molecule has 0 fully saturated rings. The number of nitrogens with zero attached hydrogens (tertiary/aromatic N) is 5. The normalized spacial score (nSPS) is 13.7. The average molecular weight is 764 g/mol. The number of anilines is 2. The van der Waals surface area contributed by atoms with E-state index < -0.39 is 0 Å². The van der Waals surface area contributed by atoms with Gasteiger partial charge in [0.25, 0.3) is 5.82 Å². The second kappa shape index (κ2) is 13.4. The van der Waals surface area contributed by atoms with E-state index in [0.717, 1.165) is 64.9 Å². The third kappa shape index (κ3) is 5.63. The van der Waals surface area contributed by atoms with Crippen molar-refractivity contribution in [3.8, 4) is 17.5 Å². The van der Waals surface area contributed by atoms with Gasteiger partial charge in [-0.25, -0.2) is 4.57 Å². The van der Waals surface area contributed by atoms with E-state index in [-0.39, 0.29) is 30.1 Å². The Balaban J connectivity index is 0.00000372. The van der Waals surface area contributed by atoms with Gasteiger partial charge in [-0.2, -0.15) is 9.55 Å². The molecule has 3 heterocycles. The number of rotatable bonds is 8. The second-order valence-electron chi connectivity index (χ2n) is 10.6. The molecule has 1 aliphatic rings. The first kappa shape index (κ1) is 32.0. The van der Waals surface area contributed by atoms with Crippen LogP contribution in [0.3, 0.4) is 0 Å². The molecule has 46 heavy (non-hydrogen) atoms. The van der Waals surface area contributed by atoms with Crippen LogP contribution in [0.4, 0.5) is 11.4 Å². The van der Waals surface area contributed by atoms with Crippen LogP contribution in [0.15, 0.2) is 107 Å². The van der Waals surface area contributed by atoms with Gasteiger partial charge in [0, 0.05) is 37.4 Å². The summed E-state index contributed by atoms with van der Waals surface area (Å²) in [6.07, 6.45) is 6.66. The molecular weight excluding hydrogens is 732 g/mol.